The van der Waals surface area contributed by atoms with Crippen molar-refractivity contribution < 1.29 is 14.1 Å². The molecule has 1 heterocycles. The average Bonchev–Trinajstić information content (AvgIpc) is 3.16. The molecule has 4 aromatic rings. The van der Waals surface area contributed by atoms with Crippen molar-refractivity contribution in [2.75, 3.05) is 14.2 Å². The highest BCUT2D eigenvalue weighted by Crippen LogP contribution is 2.80. The first-order valence-electron chi connectivity index (χ1n) is 12.7. The van der Waals surface area contributed by atoms with E-state index in [9.17, 15) is 4.79 Å². The summed E-state index contributed by atoms with van der Waals surface area (Å²) in [6.07, 6.45) is 5.02. The number of esters is 1. The second kappa shape index (κ2) is 9.13. The molecule has 2 aliphatic rings. The van der Waals surface area contributed by atoms with Crippen LogP contribution in [0.4, 0.5) is 0 Å². The van der Waals surface area contributed by atoms with Gasteiger partial charge in [-0.3, -0.25) is 4.79 Å². The SMILES string of the molecule is COC(=O)CC[C@@]12c3ccccc3C=C[C@H]1[C@@H](c1ccccc1)N(C)P2(=O)c1cccc2ccccc12. The Balaban J connectivity index is 1.71. The first-order valence-corrected chi connectivity index (χ1v) is 14.4. The highest BCUT2D eigenvalue weighted by Gasteiger charge is 2.67. The number of ether oxygens (including phenoxy) is 1. The van der Waals surface area contributed by atoms with Crippen molar-refractivity contribution in [3.63, 3.8) is 0 Å². The zero-order valence-corrected chi connectivity index (χ0v) is 22.0. The molecule has 5 heteroatoms. The number of methoxy groups -OCH3 is 1. The third kappa shape index (κ3) is 3.40. The van der Waals surface area contributed by atoms with Gasteiger partial charge in [-0.15, -0.1) is 0 Å². The average molecular weight is 508 g/mol. The molecule has 4 nitrogen and oxygen atoms in total. The molecule has 0 saturated carbocycles. The molecule has 1 saturated heterocycles. The Kier molecular flexibility index (Phi) is 5.90. The van der Waals surface area contributed by atoms with Gasteiger partial charge in [-0.25, -0.2) is 4.67 Å². The predicted octanol–water partition coefficient (Wildman–Crippen LogP) is 6.92. The van der Waals surface area contributed by atoms with E-state index in [1.54, 1.807) is 0 Å². The number of fused-ring (bicyclic) bond motifs is 4. The second-order valence-corrected chi connectivity index (χ2v) is 13.0. The van der Waals surface area contributed by atoms with Crippen LogP contribution in [0, 0.1) is 5.92 Å². The van der Waals surface area contributed by atoms with E-state index in [1.807, 2.05) is 61.6 Å². The van der Waals surface area contributed by atoms with Gasteiger partial charge in [0.1, 0.15) is 0 Å². The topological polar surface area (TPSA) is 46.6 Å². The maximum absolute atomic E-state index is 16.2. The molecular formula is C32H30NO3P. The summed E-state index contributed by atoms with van der Waals surface area (Å²) in [6.45, 7) is 0. The lowest BCUT2D eigenvalue weighted by atomic mass is 9.71. The molecule has 0 bridgehead atoms. The van der Waals surface area contributed by atoms with E-state index in [1.165, 1.54) is 7.11 Å². The quantitative estimate of drug-likeness (QED) is 0.217. The molecular weight excluding hydrogens is 477 g/mol. The minimum Gasteiger partial charge on any atom is -0.469 e. The molecule has 186 valence electrons. The maximum Gasteiger partial charge on any atom is 0.305 e. The Morgan fingerprint density at radius 2 is 1.62 bits per heavy atom. The van der Waals surface area contributed by atoms with E-state index in [2.05, 4.69) is 59.3 Å². The summed E-state index contributed by atoms with van der Waals surface area (Å²) in [5.74, 6) is -0.375. The van der Waals surface area contributed by atoms with E-state index >= 15 is 4.57 Å². The van der Waals surface area contributed by atoms with Crippen molar-refractivity contribution in [2.24, 2.45) is 5.92 Å². The van der Waals surface area contributed by atoms with Crippen LogP contribution in [-0.4, -0.2) is 24.8 Å². The van der Waals surface area contributed by atoms with E-state index in [-0.39, 0.29) is 24.3 Å². The van der Waals surface area contributed by atoms with E-state index in [0.717, 1.165) is 32.8 Å². The van der Waals surface area contributed by atoms with Crippen LogP contribution in [0.25, 0.3) is 16.8 Å². The van der Waals surface area contributed by atoms with E-state index in [0.29, 0.717) is 6.42 Å². The molecule has 1 unspecified atom stereocenters. The fraction of sp³-hybridized carbons (Fsp3) is 0.219. The Hall–Kier alpha value is -3.46. The molecule has 4 aromatic carbocycles. The van der Waals surface area contributed by atoms with Crippen molar-refractivity contribution in [1.82, 2.24) is 4.67 Å². The lowest BCUT2D eigenvalue weighted by Gasteiger charge is -2.43. The smallest absolute Gasteiger partial charge is 0.305 e. The van der Waals surface area contributed by atoms with Crippen LogP contribution in [-0.2, 0) is 19.3 Å². The number of benzene rings is 4. The lowest BCUT2D eigenvalue weighted by molar-refractivity contribution is -0.140. The summed E-state index contributed by atoms with van der Waals surface area (Å²) in [4.78, 5) is 12.6. The van der Waals surface area contributed by atoms with Gasteiger partial charge in [0.05, 0.1) is 12.3 Å². The first kappa shape index (κ1) is 23.9. The Morgan fingerprint density at radius 3 is 2.43 bits per heavy atom. The fourth-order valence-electron chi connectivity index (χ4n) is 6.78. The van der Waals surface area contributed by atoms with Crippen LogP contribution in [0.2, 0.25) is 0 Å². The van der Waals surface area contributed by atoms with Gasteiger partial charge >= 0.3 is 5.97 Å². The van der Waals surface area contributed by atoms with Gasteiger partial charge in [-0.2, -0.15) is 0 Å². The molecule has 0 amide bonds. The number of hydrogen-bond donors (Lipinski definition) is 0. The Morgan fingerprint density at radius 1 is 0.919 bits per heavy atom. The third-order valence-electron chi connectivity index (χ3n) is 8.36. The highest BCUT2D eigenvalue weighted by atomic mass is 31.2. The zero-order valence-electron chi connectivity index (χ0n) is 21.1. The summed E-state index contributed by atoms with van der Waals surface area (Å²) < 4.78 is 23.5. The van der Waals surface area contributed by atoms with Gasteiger partial charge in [0.2, 0.25) is 0 Å². The standard InChI is InChI=1S/C32H30NO3P/c1-33-31(25-13-4-3-5-14-25)28-20-19-24-12-7-9-17-27(24)32(28,22-21-30(34)36-2)37(33,35)29-18-10-15-23-11-6-8-16-26(23)29/h3-20,28,31H,21-22H2,1-2H3/t28-,31+,32+,37?/m0/s1. The molecule has 1 aliphatic heterocycles. The normalized spacial score (nSPS) is 26.5. The van der Waals surface area contributed by atoms with Crippen LogP contribution in [0.1, 0.15) is 35.6 Å². The zero-order chi connectivity index (χ0) is 25.6. The van der Waals surface area contributed by atoms with Crippen molar-refractivity contribution in [1.29, 1.82) is 0 Å². The van der Waals surface area contributed by atoms with Crippen molar-refractivity contribution >= 4 is 35.4 Å². The minimum absolute atomic E-state index is 0.0933. The molecule has 1 fully saturated rings. The second-order valence-electron chi connectivity index (χ2n) is 9.98. The minimum atomic E-state index is -3.37. The van der Waals surface area contributed by atoms with Gasteiger partial charge in [0.15, 0.2) is 7.29 Å². The van der Waals surface area contributed by atoms with Crippen molar-refractivity contribution in [2.45, 2.75) is 24.0 Å². The summed E-state index contributed by atoms with van der Waals surface area (Å²) in [5.41, 5.74) is 3.23. The highest BCUT2D eigenvalue weighted by molar-refractivity contribution is 7.71. The number of hydrogen-bond acceptors (Lipinski definition) is 3. The van der Waals surface area contributed by atoms with Crippen LogP contribution < -0.4 is 5.30 Å². The molecule has 6 rings (SSSR count). The van der Waals surface area contributed by atoms with Crippen LogP contribution in [0.3, 0.4) is 0 Å². The lowest BCUT2D eigenvalue weighted by Crippen LogP contribution is -2.37. The number of nitrogens with zero attached hydrogens (tertiary/aromatic N) is 1. The maximum atomic E-state index is 16.2. The largest absolute Gasteiger partial charge is 0.469 e. The van der Waals surface area contributed by atoms with Crippen LogP contribution in [0.5, 0.6) is 0 Å². The van der Waals surface area contributed by atoms with Gasteiger partial charge in [-0.05, 0) is 47.0 Å². The summed E-state index contributed by atoms with van der Waals surface area (Å²) in [5, 5.41) is 2.11. The summed E-state index contributed by atoms with van der Waals surface area (Å²) in [6, 6.07) is 32.8. The Bertz CT molecular complexity index is 1560. The molecule has 0 radical (unpaired) electrons. The summed E-state index contributed by atoms with van der Waals surface area (Å²) in [7, 11) is 0.0617. The molecule has 1 aliphatic carbocycles. The predicted molar refractivity (Wildman–Crippen MR) is 150 cm³/mol. The molecule has 4 atom stereocenters. The molecule has 37 heavy (non-hydrogen) atoms. The fourth-order valence-corrected chi connectivity index (χ4v) is 11.1. The monoisotopic (exact) mass is 507 g/mol. The van der Waals surface area contributed by atoms with Gasteiger partial charge in [-0.1, -0.05) is 103 Å². The van der Waals surface area contributed by atoms with Crippen molar-refractivity contribution in [3.8, 4) is 0 Å². The number of rotatable bonds is 5. The van der Waals surface area contributed by atoms with Gasteiger partial charge < -0.3 is 9.30 Å². The molecule has 0 spiro atoms. The van der Waals surface area contributed by atoms with E-state index in [4.69, 9.17) is 4.74 Å². The summed E-state index contributed by atoms with van der Waals surface area (Å²) >= 11 is 0. The number of carbonyl (C=O) groups is 1. The first-order chi connectivity index (χ1) is 18.0. The van der Waals surface area contributed by atoms with Gasteiger partial charge in [0, 0.05) is 23.7 Å². The van der Waals surface area contributed by atoms with Gasteiger partial charge in [0.25, 0.3) is 0 Å². The van der Waals surface area contributed by atoms with Crippen LogP contribution in [0.15, 0.2) is 103 Å². The Labute approximate surface area is 218 Å². The third-order valence-corrected chi connectivity index (χ3v) is 12.4. The number of carbonyl (C=O) groups excluding carboxylic acids is 1. The van der Waals surface area contributed by atoms with Crippen LogP contribution >= 0.6 is 7.29 Å². The van der Waals surface area contributed by atoms with E-state index < -0.39 is 12.4 Å². The molecule has 0 N–H and O–H groups in total. The molecule has 0 aromatic heterocycles. The van der Waals surface area contributed by atoms with Crippen molar-refractivity contribution in [3.05, 3.63) is 120 Å².